The van der Waals surface area contributed by atoms with Gasteiger partial charge in [-0.2, -0.15) is 24.4 Å². The topological polar surface area (TPSA) is 151 Å². The number of thioether (sulfide) groups is 1. The van der Waals surface area contributed by atoms with Crippen molar-refractivity contribution >= 4 is 48.1 Å². The Balaban J connectivity index is 5.20. The van der Waals surface area contributed by atoms with E-state index in [4.69, 9.17) is 5.73 Å². The van der Waals surface area contributed by atoms with Gasteiger partial charge in [-0.1, -0.05) is 27.7 Å². The maximum atomic E-state index is 12.7. The maximum absolute atomic E-state index is 12.7. The second kappa shape index (κ2) is 14.5. The van der Waals surface area contributed by atoms with Gasteiger partial charge in [-0.3, -0.25) is 14.4 Å². The molecule has 0 aromatic rings. The number of rotatable bonds is 14. The molecule has 30 heavy (non-hydrogen) atoms. The molecule has 0 bridgehead atoms. The van der Waals surface area contributed by atoms with Crippen molar-refractivity contribution in [2.24, 2.45) is 17.6 Å². The Bertz CT molecular complexity index is 589. The molecule has 0 saturated carbocycles. The molecule has 11 heteroatoms. The van der Waals surface area contributed by atoms with Gasteiger partial charge in [-0.15, -0.1) is 0 Å². The van der Waals surface area contributed by atoms with Crippen molar-refractivity contribution in [2.75, 3.05) is 17.8 Å². The second-order valence-corrected chi connectivity index (χ2v) is 9.24. The lowest BCUT2D eigenvalue weighted by molar-refractivity contribution is -0.143. The van der Waals surface area contributed by atoms with Crippen LogP contribution in [0.1, 0.15) is 40.5 Å². The number of carbonyl (C=O) groups is 4. The Morgan fingerprint density at radius 3 is 1.93 bits per heavy atom. The van der Waals surface area contributed by atoms with Gasteiger partial charge in [-0.25, -0.2) is 4.79 Å². The number of amides is 3. The molecule has 0 radical (unpaired) electrons. The first kappa shape index (κ1) is 28.5. The van der Waals surface area contributed by atoms with Crippen LogP contribution in [0.2, 0.25) is 0 Å². The average molecular weight is 465 g/mol. The number of nitrogens with one attached hydrogen (secondary N) is 3. The summed E-state index contributed by atoms with van der Waals surface area (Å²) in [4.78, 5) is 49.0. The van der Waals surface area contributed by atoms with Gasteiger partial charge < -0.3 is 26.8 Å². The number of nitrogens with two attached hydrogens (primary N) is 1. The van der Waals surface area contributed by atoms with Crippen LogP contribution in [0.5, 0.6) is 0 Å². The molecule has 4 unspecified atom stereocenters. The van der Waals surface area contributed by atoms with Crippen molar-refractivity contribution in [2.45, 2.75) is 64.7 Å². The van der Waals surface area contributed by atoms with E-state index in [1.165, 1.54) is 0 Å². The highest BCUT2D eigenvalue weighted by Gasteiger charge is 2.31. The van der Waals surface area contributed by atoms with Gasteiger partial charge in [0.25, 0.3) is 0 Å². The number of hydrogen-bond donors (Lipinski definition) is 6. The third-order valence-electron chi connectivity index (χ3n) is 4.36. The van der Waals surface area contributed by atoms with Gasteiger partial charge in [0.05, 0.1) is 6.04 Å². The van der Waals surface area contributed by atoms with Gasteiger partial charge in [-0.05, 0) is 36.7 Å². The molecule has 0 rings (SSSR count). The van der Waals surface area contributed by atoms with Crippen molar-refractivity contribution in [1.82, 2.24) is 16.0 Å². The van der Waals surface area contributed by atoms with Crippen LogP contribution in [0.25, 0.3) is 0 Å². The van der Waals surface area contributed by atoms with Crippen molar-refractivity contribution < 1.29 is 24.3 Å². The summed E-state index contributed by atoms with van der Waals surface area (Å²) in [6.45, 7) is 7.13. The number of thiol groups is 1. The predicted molar refractivity (Wildman–Crippen MR) is 123 cm³/mol. The number of carboxylic acids is 1. The van der Waals surface area contributed by atoms with Crippen LogP contribution in [0.4, 0.5) is 0 Å². The van der Waals surface area contributed by atoms with Crippen molar-refractivity contribution in [1.29, 1.82) is 0 Å². The molecule has 3 amide bonds. The minimum Gasteiger partial charge on any atom is -0.480 e. The van der Waals surface area contributed by atoms with Crippen molar-refractivity contribution in [3.05, 3.63) is 0 Å². The highest BCUT2D eigenvalue weighted by atomic mass is 32.2. The zero-order valence-corrected chi connectivity index (χ0v) is 20.0. The first-order valence-corrected chi connectivity index (χ1v) is 12.0. The van der Waals surface area contributed by atoms with Gasteiger partial charge in [0.15, 0.2) is 0 Å². The Kier molecular flexibility index (Phi) is 13.8. The summed E-state index contributed by atoms with van der Waals surface area (Å²) in [5.41, 5.74) is 5.83. The van der Waals surface area contributed by atoms with Crippen LogP contribution in [0.15, 0.2) is 0 Å². The summed E-state index contributed by atoms with van der Waals surface area (Å²) in [5, 5.41) is 17.0. The van der Waals surface area contributed by atoms with Crippen molar-refractivity contribution in [3.63, 3.8) is 0 Å². The zero-order valence-electron chi connectivity index (χ0n) is 18.3. The molecule has 6 N–H and O–H groups in total. The van der Waals surface area contributed by atoms with E-state index in [2.05, 4.69) is 28.6 Å². The highest BCUT2D eigenvalue weighted by molar-refractivity contribution is 7.98. The monoisotopic (exact) mass is 464 g/mol. The van der Waals surface area contributed by atoms with E-state index in [0.29, 0.717) is 18.6 Å². The fourth-order valence-electron chi connectivity index (χ4n) is 2.59. The van der Waals surface area contributed by atoms with Crippen molar-refractivity contribution in [3.8, 4) is 0 Å². The average Bonchev–Trinajstić information content (AvgIpc) is 2.66. The predicted octanol–water partition coefficient (Wildman–Crippen LogP) is 0.238. The van der Waals surface area contributed by atoms with Crippen LogP contribution in [0.3, 0.4) is 0 Å². The molecule has 0 aliphatic carbocycles. The number of carbonyl (C=O) groups excluding carboxylic acids is 3. The Labute approximate surface area is 188 Å². The lowest BCUT2D eigenvalue weighted by atomic mass is 10.00. The van der Waals surface area contributed by atoms with Crippen LogP contribution in [0, 0.1) is 11.8 Å². The SMILES string of the molecule is CSCCC(N)C(=O)NC(CS)C(=O)NC(CC(C)C)C(=O)NC(C(=O)O)C(C)C. The molecule has 0 aliphatic heterocycles. The van der Waals surface area contributed by atoms with E-state index in [9.17, 15) is 24.3 Å². The van der Waals surface area contributed by atoms with E-state index in [1.54, 1.807) is 25.6 Å². The summed E-state index contributed by atoms with van der Waals surface area (Å²) in [7, 11) is 0. The first-order valence-electron chi connectivity index (χ1n) is 9.93. The largest absolute Gasteiger partial charge is 0.480 e. The van der Waals surface area contributed by atoms with E-state index in [0.717, 1.165) is 0 Å². The van der Waals surface area contributed by atoms with Crippen LogP contribution < -0.4 is 21.7 Å². The van der Waals surface area contributed by atoms with Crippen LogP contribution in [-0.4, -0.2) is 70.7 Å². The Hall–Kier alpha value is -1.46. The Morgan fingerprint density at radius 2 is 1.50 bits per heavy atom. The third kappa shape index (κ3) is 10.5. The molecule has 0 heterocycles. The minimum absolute atomic E-state index is 0.0204. The molecule has 0 aromatic carbocycles. The molecule has 0 fully saturated rings. The van der Waals surface area contributed by atoms with Gasteiger partial charge in [0, 0.05) is 5.75 Å². The van der Waals surface area contributed by atoms with Gasteiger partial charge in [0.2, 0.25) is 17.7 Å². The summed E-state index contributed by atoms with van der Waals surface area (Å²) >= 11 is 5.69. The Morgan fingerprint density at radius 1 is 0.967 bits per heavy atom. The molecule has 0 spiro atoms. The number of aliphatic carboxylic acids is 1. The maximum Gasteiger partial charge on any atom is 0.326 e. The molecule has 9 nitrogen and oxygen atoms in total. The lowest BCUT2D eigenvalue weighted by Gasteiger charge is -2.26. The normalized spacial score (nSPS) is 15.2. The van der Waals surface area contributed by atoms with Crippen LogP contribution >= 0.6 is 24.4 Å². The smallest absolute Gasteiger partial charge is 0.326 e. The standard InChI is InChI=1S/C19H36N4O5S2/c1-10(2)8-13(17(25)23-15(11(3)4)19(27)28)21-18(26)14(9-29)22-16(24)12(20)6-7-30-5/h10-15,29H,6-9,20H2,1-5H3,(H,21,26)(H,22,24)(H,23,25)(H,27,28). The molecular formula is C19H36N4O5S2. The summed E-state index contributed by atoms with van der Waals surface area (Å²) in [6.07, 6.45) is 2.68. The van der Waals surface area contributed by atoms with E-state index in [-0.39, 0.29) is 17.6 Å². The first-order chi connectivity index (χ1) is 13.9. The quantitative estimate of drug-likeness (QED) is 0.202. The molecule has 0 aliphatic rings. The van der Waals surface area contributed by atoms with E-state index >= 15 is 0 Å². The fourth-order valence-corrected chi connectivity index (χ4v) is 3.34. The number of carboxylic acid groups (broad SMARTS) is 1. The van der Waals surface area contributed by atoms with Gasteiger partial charge in [0.1, 0.15) is 18.1 Å². The third-order valence-corrected chi connectivity index (χ3v) is 5.36. The fraction of sp³-hybridized carbons (Fsp3) is 0.789. The summed E-state index contributed by atoms with van der Waals surface area (Å²) in [5.74, 6) is -2.30. The molecule has 0 saturated heterocycles. The summed E-state index contributed by atoms with van der Waals surface area (Å²) in [6, 6.07) is -3.73. The van der Waals surface area contributed by atoms with E-state index < -0.39 is 47.9 Å². The number of hydrogen-bond acceptors (Lipinski definition) is 7. The molecular weight excluding hydrogens is 428 g/mol. The zero-order chi connectivity index (χ0) is 23.4. The molecule has 174 valence electrons. The summed E-state index contributed by atoms with van der Waals surface area (Å²) < 4.78 is 0. The van der Waals surface area contributed by atoms with Gasteiger partial charge >= 0.3 is 5.97 Å². The lowest BCUT2D eigenvalue weighted by Crippen LogP contribution is -2.58. The van der Waals surface area contributed by atoms with E-state index in [1.807, 2.05) is 20.1 Å². The van der Waals surface area contributed by atoms with Crippen LogP contribution in [-0.2, 0) is 19.2 Å². The second-order valence-electron chi connectivity index (χ2n) is 7.89. The molecule has 4 atom stereocenters. The highest BCUT2D eigenvalue weighted by Crippen LogP contribution is 2.09. The minimum atomic E-state index is -1.15. The molecule has 0 aromatic heterocycles.